The van der Waals surface area contributed by atoms with Gasteiger partial charge in [-0.1, -0.05) is 12.1 Å². The first-order valence-electron chi connectivity index (χ1n) is 5.82. The molecule has 0 aliphatic heterocycles. The van der Waals surface area contributed by atoms with Gasteiger partial charge in [-0.15, -0.1) is 11.3 Å². The standard InChI is InChI=1S/C14H16BrNOS/c1-9(2)17-12-5-3-4-10(6-12)14(16)13-7-11(15)8-18-13/h3-9,14H,16H2,1-2H3. The highest BCUT2D eigenvalue weighted by molar-refractivity contribution is 9.10. The predicted molar refractivity (Wildman–Crippen MR) is 80.3 cm³/mol. The molecule has 2 nitrogen and oxygen atoms in total. The zero-order valence-electron chi connectivity index (χ0n) is 10.4. The van der Waals surface area contributed by atoms with Crippen LogP contribution in [0.2, 0.25) is 0 Å². The van der Waals surface area contributed by atoms with Crippen molar-refractivity contribution in [2.45, 2.75) is 26.0 Å². The Balaban J connectivity index is 2.22. The first kappa shape index (κ1) is 13.6. The molecule has 96 valence electrons. The van der Waals surface area contributed by atoms with Gasteiger partial charge in [-0.05, 0) is 53.5 Å². The summed E-state index contributed by atoms with van der Waals surface area (Å²) in [5.41, 5.74) is 7.34. The van der Waals surface area contributed by atoms with Crippen molar-refractivity contribution >= 4 is 27.3 Å². The van der Waals surface area contributed by atoms with Gasteiger partial charge in [0.1, 0.15) is 5.75 Å². The lowest BCUT2D eigenvalue weighted by molar-refractivity contribution is 0.242. The summed E-state index contributed by atoms with van der Waals surface area (Å²) in [6, 6.07) is 9.95. The normalized spacial score (nSPS) is 12.7. The van der Waals surface area contributed by atoms with Crippen LogP contribution in [0.25, 0.3) is 0 Å². The van der Waals surface area contributed by atoms with E-state index in [-0.39, 0.29) is 12.1 Å². The molecule has 1 heterocycles. The summed E-state index contributed by atoms with van der Waals surface area (Å²) in [6.07, 6.45) is 0.173. The summed E-state index contributed by atoms with van der Waals surface area (Å²) in [5, 5.41) is 2.05. The Morgan fingerprint density at radius 3 is 2.67 bits per heavy atom. The van der Waals surface area contributed by atoms with Crippen LogP contribution in [-0.2, 0) is 0 Å². The lowest BCUT2D eigenvalue weighted by Crippen LogP contribution is -2.11. The number of nitrogens with two attached hydrogens (primary N) is 1. The molecule has 0 aliphatic rings. The Labute approximate surface area is 120 Å². The van der Waals surface area contributed by atoms with Gasteiger partial charge >= 0.3 is 0 Å². The summed E-state index contributed by atoms with van der Waals surface area (Å²) in [4.78, 5) is 1.14. The Kier molecular flexibility index (Phi) is 4.43. The van der Waals surface area contributed by atoms with Crippen LogP contribution in [-0.4, -0.2) is 6.10 Å². The fourth-order valence-electron chi connectivity index (χ4n) is 1.71. The van der Waals surface area contributed by atoms with Gasteiger partial charge in [0.25, 0.3) is 0 Å². The van der Waals surface area contributed by atoms with Crippen molar-refractivity contribution in [3.05, 3.63) is 50.6 Å². The van der Waals surface area contributed by atoms with E-state index >= 15 is 0 Å². The highest BCUT2D eigenvalue weighted by atomic mass is 79.9. The lowest BCUT2D eigenvalue weighted by atomic mass is 10.1. The molecular formula is C14H16BrNOS. The quantitative estimate of drug-likeness (QED) is 0.907. The minimum Gasteiger partial charge on any atom is -0.491 e. The van der Waals surface area contributed by atoms with E-state index < -0.39 is 0 Å². The number of hydrogen-bond donors (Lipinski definition) is 1. The van der Waals surface area contributed by atoms with Crippen LogP contribution in [0.3, 0.4) is 0 Å². The third-order valence-electron chi connectivity index (χ3n) is 2.48. The van der Waals surface area contributed by atoms with Crippen molar-refractivity contribution in [1.29, 1.82) is 0 Å². The zero-order valence-corrected chi connectivity index (χ0v) is 12.8. The second kappa shape index (κ2) is 5.87. The minimum atomic E-state index is -0.1000. The van der Waals surface area contributed by atoms with E-state index in [0.29, 0.717) is 0 Å². The van der Waals surface area contributed by atoms with E-state index in [4.69, 9.17) is 10.5 Å². The van der Waals surface area contributed by atoms with Crippen molar-refractivity contribution in [1.82, 2.24) is 0 Å². The number of thiophene rings is 1. The Hall–Kier alpha value is -0.840. The summed E-state index contributed by atoms with van der Waals surface area (Å²) in [5.74, 6) is 0.869. The van der Waals surface area contributed by atoms with Crippen LogP contribution in [0.5, 0.6) is 5.75 Å². The maximum Gasteiger partial charge on any atom is 0.120 e. The Bertz CT molecular complexity index is 524. The first-order chi connectivity index (χ1) is 8.56. The monoisotopic (exact) mass is 325 g/mol. The summed E-state index contributed by atoms with van der Waals surface area (Å²) in [7, 11) is 0. The van der Waals surface area contributed by atoms with Crippen LogP contribution >= 0.6 is 27.3 Å². The maximum absolute atomic E-state index is 6.26. The van der Waals surface area contributed by atoms with Gasteiger partial charge < -0.3 is 10.5 Å². The molecular weight excluding hydrogens is 310 g/mol. The van der Waals surface area contributed by atoms with Crippen molar-refractivity contribution < 1.29 is 4.74 Å². The summed E-state index contributed by atoms with van der Waals surface area (Å²) >= 11 is 5.11. The molecule has 1 aromatic heterocycles. The number of halogens is 1. The molecule has 0 saturated carbocycles. The predicted octanol–water partition coefficient (Wildman–Crippen LogP) is 4.35. The molecule has 0 aliphatic carbocycles. The molecule has 2 rings (SSSR count). The van der Waals surface area contributed by atoms with Gasteiger partial charge in [0, 0.05) is 14.7 Å². The van der Waals surface area contributed by atoms with E-state index in [9.17, 15) is 0 Å². The highest BCUT2D eigenvalue weighted by Gasteiger charge is 2.12. The maximum atomic E-state index is 6.26. The van der Waals surface area contributed by atoms with Crippen LogP contribution in [0, 0.1) is 0 Å². The van der Waals surface area contributed by atoms with Crippen LogP contribution in [0.1, 0.15) is 30.3 Å². The Morgan fingerprint density at radius 2 is 2.06 bits per heavy atom. The van der Waals surface area contributed by atoms with Crippen molar-refractivity contribution in [3.8, 4) is 5.75 Å². The van der Waals surface area contributed by atoms with Crippen molar-refractivity contribution in [2.24, 2.45) is 5.73 Å². The third-order valence-corrected chi connectivity index (χ3v) is 4.26. The van der Waals surface area contributed by atoms with Crippen LogP contribution in [0.4, 0.5) is 0 Å². The molecule has 1 atom stereocenters. The molecule has 18 heavy (non-hydrogen) atoms. The van der Waals surface area contributed by atoms with Gasteiger partial charge in [-0.25, -0.2) is 0 Å². The van der Waals surface area contributed by atoms with Gasteiger partial charge in [0.2, 0.25) is 0 Å². The minimum absolute atomic E-state index is 0.1000. The van der Waals surface area contributed by atoms with E-state index in [1.165, 1.54) is 0 Å². The van der Waals surface area contributed by atoms with E-state index in [0.717, 1.165) is 20.7 Å². The number of rotatable bonds is 4. The zero-order chi connectivity index (χ0) is 13.1. The molecule has 4 heteroatoms. The Morgan fingerprint density at radius 1 is 1.28 bits per heavy atom. The summed E-state index contributed by atoms with van der Waals surface area (Å²) in [6.45, 7) is 4.03. The van der Waals surface area contributed by atoms with Gasteiger partial charge in [0.15, 0.2) is 0 Å². The van der Waals surface area contributed by atoms with Crippen LogP contribution < -0.4 is 10.5 Å². The van der Waals surface area contributed by atoms with E-state index in [1.54, 1.807) is 11.3 Å². The summed E-state index contributed by atoms with van der Waals surface area (Å²) < 4.78 is 6.76. The number of benzene rings is 1. The van der Waals surface area contributed by atoms with Gasteiger partial charge in [-0.2, -0.15) is 0 Å². The molecule has 2 N–H and O–H groups in total. The molecule has 1 unspecified atom stereocenters. The molecule has 0 bridgehead atoms. The largest absolute Gasteiger partial charge is 0.491 e. The second-order valence-corrected chi connectivity index (χ2v) is 6.24. The van der Waals surface area contributed by atoms with Crippen molar-refractivity contribution in [3.63, 3.8) is 0 Å². The van der Waals surface area contributed by atoms with Crippen molar-refractivity contribution in [2.75, 3.05) is 0 Å². The molecule has 1 aromatic carbocycles. The van der Waals surface area contributed by atoms with Crippen LogP contribution in [0.15, 0.2) is 40.2 Å². The highest BCUT2D eigenvalue weighted by Crippen LogP contribution is 2.29. The topological polar surface area (TPSA) is 35.2 Å². The van der Waals surface area contributed by atoms with Gasteiger partial charge in [0.05, 0.1) is 12.1 Å². The molecule has 0 amide bonds. The fourth-order valence-corrected chi connectivity index (χ4v) is 3.18. The smallest absolute Gasteiger partial charge is 0.120 e. The van der Waals surface area contributed by atoms with E-state index in [2.05, 4.69) is 22.0 Å². The molecule has 0 saturated heterocycles. The average Bonchev–Trinajstić information content (AvgIpc) is 2.74. The molecule has 0 radical (unpaired) electrons. The van der Waals surface area contributed by atoms with E-state index in [1.807, 2.05) is 43.5 Å². The molecule has 2 aromatic rings. The molecule has 0 spiro atoms. The van der Waals surface area contributed by atoms with Gasteiger partial charge in [-0.3, -0.25) is 0 Å². The first-order valence-corrected chi connectivity index (χ1v) is 7.49. The third kappa shape index (κ3) is 3.34. The lowest BCUT2D eigenvalue weighted by Gasteiger charge is -2.14. The molecule has 0 fully saturated rings. The SMILES string of the molecule is CC(C)Oc1cccc(C(N)c2cc(Br)cs2)c1. The average molecular weight is 326 g/mol. The number of ether oxygens (including phenoxy) is 1. The second-order valence-electron chi connectivity index (χ2n) is 4.38. The fraction of sp³-hybridized carbons (Fsp3) is 0.286. The number of hydrogen-bond acceptors (Lipinski definition) is 3.